The Hall–Kier alpha value is -2.75. The van der Waals surface area contributed by atoms with Gasteiger partial charge in [-0.3, -0.25) is 14.3 Å². The van der Waals surface area contributed by atoms with Crippen LogP contribution >= 0.6 is 34.7 Å². The zero-order chi connectivity index (χ0) is 23.9. The van der Waals surface area contributed by atoms with Crippen LogP contribution in [0.5, 0.6) is 0 Å². The minimum atomic E-state index is -0.00160. The van der Waals surface area contributed by atoms with E-state index in [1.54, 1.807) is 12.4 Å². The van der Waals surface area contributed by atoms with Crippen molar-refractivity contribution in [1.29, 1.82) is 0 Å². The molecule has 0 aliphatic carbocycles. The maximum Gasteiger partial charge on any atom is 0.273 e. The van der Waals surface area contributed by atoms with Crippen molar-refractivity contribution in [2.24, 2.45) is 0 Å². The van der Waals surface area contributed by atoms with Crippen molar-refractivity contribution >= 4 is 40.6 Å². The topological polar surface area (TPSA) is 76.8 Å². The molecule has 0 atom stereocenters. The number of nitrogens with zero attached hydrogens (tertiary/aromatic N) is 6. The predicted molar refractivity (Wildman–Crippen MR) is 138 cm³/mol. The molecule has 0 saturated heterocycles. The number of hydrogen-bond acceptors (Lipinski definition) is 7. The van der Waals surface area contributed by atoms with Gasteiger partial charge in [0.25, 0.3) is 5.91 Å². The minimum absolute atomic E-state index is 0.00160. The van der Waals surface area contributed by atoms with Crippen LogP contribution < -0.4 is 0 Å². The Labute approximate surface area is 212 Å². The zero-order valence-corrected chi connectivity index (χ0v) is 21.4. The number of carbonyl (C=O) groups excluding carboxylic acids is 1. The van der Waals surface area contributed by atoms with E-state index >= 15 is 0 Å². The Kier molecular flexibility index (Phi) is 8.31. The van der Waals surface area contributed by atoms with Crippen LogP contribution in [0.15, 0.2) is 59.3 Å². The van der Waals surface area contributed by atoms with Crippen LogP contribution in [-0.4, -0.2) is 48.6 Å². The first-order valence-corrected chi connectivity index (χ1v) is 13.3. The molecule has 0 fully saturated rings. The van der Waals surface area contributed by atoms with Gasteiger partial charge in [0.1, 0.15) is 10.7 Å². The summed E-state index contributed by atoms with van der Waals surface area (Å²) in [6.07, 6.45) is 5.32. The smallest absolute Gasteiger partial charge is 0.273 e. The van der Waals surface area contributed by atoms with E-state index in [1.807, 2.05) is 51.2 Å². The predicted octanol–water partition coefficient (Wildman–Crippen LogP) is 5.99. The van der Waals surface area contributed by atoms with E-state index in [0.717, 1.165) is 47.3 Å². The molecule has 3 heterocycles. The second kappa shape index (κ2) is 11.6. The fourth-order valence-electron chi connectivity index (χ4n) is 3.52. The standard InChI is InChI=1S/C24H25ClN6OS2/c1-3-12-30(13-4-2)23(32)20-15-33-21(27-20)16-34-24-29-28-22(17-8-10-26-11-9-17)31(24)19-7-5-6-18(25)14-19/h5-11,14-15H,3-4,12-13,16H2,1-2H3. The summed E-state index contributed by atoms with van der Waals surface area (Å²) in [6, 6.07) is 11.4. The SMILES string of the molecule is CCCN(CCC)C(=O)c1csc(CSc2nnc(-c3ccncc3)n2-c2cccc(Cl)c2)n1. The van der Waals surface area contributed by atoms with E-state index in [1.165, 1.54) is 23.1 Å². The van der Waals surface area contributed by atoms with Crippen molar-refractivity contribution in [3.05, 3.63) is 69.9 Å². The lowest BCUT2D eigenvalue weighted by atomic mass is 10.2. The van der Waals surface area contributed by atoms with E-state index in [4.69, 9.17) is 11.6 Å². The maximum atomic E-state index is 12.9. The molecule has 3 aromatic heterocycles. The first-order chi connectivity index (χ1) is 16.6. The van der Waals surface area contributed by atoms with Crippen LogP contribution in [0, 0.1) is 0 Å². The molecule has 0 bridgehead atoms. The maximum absolute atomic E-state index is 12.9. The minimum Gasteiger partial charge on any atom is -0.337 e. The molecular weight excluding hydrogens is 488 g/mol. The van der Waals surface area contributed by atoms with Gasteiger partial charge in [-0.15, -0.1) is 21.5 Å². The van der Waals surface area contributed by atoms with Crippen LogP contribution in [0.3, 0.4) is 0 Å². The summed E-state index contributed by atoms with van der Waals surface area (Å²) >= 11 is 9.29. The highest BCUT2D eigenvalue weighted by molar-refractivity contribution is 7.98. The third-order valence-electron chi connectivity index (χ3n) is 5.01. The molecule has 0 saturated carbocycles. The van der Waals surface area contributed by atoms with Gasteiger partial charge in [0.05, 0.1) is 11.4 Å². The molecule has 0 aliphatic heterocycles. The molecule has 176 valence electrons. The Morgan fingerprint density at radius 3 is 2.59 bits per heavy atom. The van der Waals surface area contributed by atoms with Gasteiger partial charge in [-0.2, -0.15) is 0 Å². The lowest BCUT2D eigenvalue weighted by Crippen LogP contribution is -2.32. The largest absolute Gasteiger partial charge is 0.337 e. The third kappa shape index (κ3) is 5.65. The molecule has 1 aromatic carbocycles. The number of carbonyl (C=O) groups is 1. The lowest BCUT2D eigenvalue weighted by Gasteiger charge is -2.20. The number of aromatic nitrogens is 5. The number of thioether (sulfide) groups is 1. The molecule has 4 rings (SSSR count). The van der Waals surface area contributed by atoms with Gasteiger partial charge in [-0.05, 0) is 43.2 Å². The average molecular weight is 513 g/mol. The first kappa shape index (κ1) is 24.4. The van der Waals surface area contributed by atoms with E-state index in [2.05, 4.69) is 34.0 Å². The Bertz CT molecular complexity index is 1240. The number of halogens is 1. The molecule has 0 spiro atoms. The van der Waals surface area contributed by atoms with Crippen LogP contribution in [0.2, 0.25) is 5.02 Å². The summed E-state index contributed by atoms with van der Waals surface area (Å²) in [7, 11) is 0. The van der Waals surface area contributed by atoms with Crippen molar-refractivity contribution in [3.8, 4) is 17.1 Å². The summed E-state index contributed by atoms with van der Waals surface area (Å²) in [5, 5.41) is 13.0. The van der Waals surface area contributed by atoms with Gasteiger partial charge in [-0.1, -0.05) is 43.3 Å². The first-order valence-electron chi connectivity index (χ1n) is 11.1. The van der Waals surface area contributed by atoms with Crippen molar-refractivity contribution < 1.29 is 4.79 Å². The third-order valence-corrected chi connectivity index (χ3v) is 7.21. The lowest BCUT2D eigenvalue weighted by molar-refractivity contribution is 0.0750. The molecule has 10 heteroatoms. The van der Waals surface area contributed by atoms with Crippen LogP contribution in [0.25, 0.3) is 17.1 Å². The van der Waals surface area contributed by atoms with Crippen molar-refractivity contribution in [2.75, 3.05) is 13.1 Å². The number of amides is 1. The summed E-state index contributed by atoms with van der Waals surface area (Å²) in [4.78, 5) is 23.5. The molecule has 0 N–H and O–H groups in total. The highest BCUT2D eigenvalue weighted by atomic mass is 35.5. The van der Waals surface area contributed by atoms with Gasteiger partial charge < -0.3 is 4.90 Å². The fourth-order valence-corrected chi connectivity index (χ4v) is 5.44. The van der Waals surface area contributed by atoms with E-state index in [9.17, 15) is 4.79 Å². The Morgan fingerprint density at radius 2 is 1.88 bits per heavy atom. The molecular formula is C24H25ClN6OS2. The highest BCUT2D eigenvalue weighted by Crippen LogP contribution is 2.31. The molecule has 0 unspecified atom stereocenters. The van der Waals surface area contributed by atoms with Crippen molar-refractivity contribution in [2.45, 2.75) is 37.6 Å². The average Bonchev–Trinajstić information content (AvgIpc) is 3.50. The van der Waals surface area contributed by atoms with Gasteiger partial charge in [0, 0.05) is 41.4 Å². The zero-order valence-electron chi connectivity index (χ0n) is 19.0. The van der Waals surface area contributed by atoms with Crippen molar-refractivity contribution in [1.82, 2.24) is 29.6 Å². The number of benzene rings is 1. The second-order valence-electron chi connectivity index (χ2n) is 7.56. The van der Waals surface area contributed by atoms with Gasteiger partial charge >= 0.3 is 0 Å². The van der Waals surface area contributed by atoms with Crippen LogP contribution in [-0.2, 0) is 5.75 Å². The van der Waals surface area contributed by atoms with E-state index < -0.39 is 0 Å². The summed E-state index contributed by atoms with van der Waals surface area (Å²) < 4.78 is 1.98. The molecule has 0 radical (unpaired) electrons. The summed E-state index contributed by atoms with van der Waals surface area (Å²) in [5.41, 5.74) is 2.29. The van der Waals surface area contributed by atoms with Crippen molar-refractivity contribution in [3.63, 3.8) is 0 Å². The second-order valence-corrected chi connectivity index (χ2v) is 9.89. The van der Waals surface area contributed by atoms with Gasteiger partial charge in [0.15, 0.2) is 11.0 Å². The molecule has 34 heavy (non-hydrogen) atoms. The van der Waals surface area contributed by atoms with Gasteiger partial charge in [0.2, 0.25) is 0 Å². The highest BCUT2D eigenvalue weighted by Gasteiger charge is 2.20. The molecule has 4 aromatic rings. The van der Waals surface area contributed by atoms with Crippen LogP contribution in [0.1, 0.15) is 42.2 Å². The van der Waals surface area contributed by atoms with E-state index in [-0.39, 0.29) is 5.91 Å². The summed E-state index contributed by atoms with van der Waals surface area (Å²) in [6.45, 7) is 5.65. The van der Waals surface area contributed by atoms with Gasteiger partial charge in [-0.25, -0.2) is 4.98 Å². The summed E-state index contributed by atoms with van der Waals surface area (Å²) in [5.74, 6) is 1.28. The molecule has 1 amide bonds. The normalized spacial score (nSPS) is 11.0. The monoisotopic (exact) mass is 512 g/mol. The molecule has 7 nitrogen and oxygen atoms in total. The quantitative estimate of drug-likeness (QED) is 0.243. The number of thiazole rings is 1. The number of hydrogen-bond donors (Lipinski definition) is 0. The Balaban J connectivity index is 1.57. The number of pyridine rings is 1. The van der Waals surface area contributed by atoms with Crippen LogP contribution in [0.4, 0.5) is 0 Å². The number of rotatable bonds is 10. The Morgan fingerprint density at radius 1 is 1.12 bits per heavy atom. The van der Waals surface area contributed by atoms with E-state index in [0.29, 0.717) is 22.3 Å². The molecule has 0 aliphatic rings. The fraction of sp³-hybridized carbons (Fsp3) is 0.292.